The van der Waals surface area contributed by atoms with Crippen LogP contribution in [0.25, 0.3) is 11.1 Å². The Kier molecular flexibility index (Phi) is 12.6. The summed E-state index contributed by atoms with van der Waals surface area (Å²) in [5, 5.41) is 9.79. The SMILES string of the molecule is CCCCCCCOc1ccc(-c2ccc(CCC(CC)C[C@@](F)(C(=O)O)C3CCCCC3)cc2)cc1Br. The van der Waals surface area contributed by atoms with Gasteiger partial charge in [0.25, 0.3) is 0 Å². The van der Waals surface area contributed by atoms with E-state index < -0.39 is 11.6 Å². The highest BCUT2D eigenvalue weighted by Gasteiger charge is 2.47. The van der Waals surface area contributed by atoms with Gasteiger partial charge in [-0.05, 0) is 89.2 Å². The van der Waals surface area contributed by atoms with E-state index in [9.17, 15) is 9.90 Å². The van der Waals surface area contributed by atoms with Gasteiger partial charge in [-0.25, -0.2) is 9.18 Å². The molecule has 0 bridgehead atoms. The zero-order valence-electron chi connectivity index (χ0n) is 23.3. The molecule has 0 aromatic heterocycles. The molecular formula is C33H46BrFO3. The van der Waals surface area contributed by atoms with Crippen molar-refractivity contribution in [1.82, 2.24) is 0 Å². The number of aryl methyl sites for hydroxylation is 1. The average Bonchev–Trinajstić information content (AvgIpc) is 2.94. The third kappa shape index (κ3) is 8.83. The van der Waals surface area contributed by atoms with E-state index in [0.29, 0.717) is 12.8 Å². The Morgan fingerprint density at radius 2 is 1.71 bits per heavy atom. The third-order valence-electron chi connectivity index (χ3n) is 8.34. The molecule has 3 nitrogen and oxygen atoms in total. The molecular weight excluding hydrogens is 543 g/mol. The number of benzene rings is 2. The van der Waals surface area contributed by atoms with Crippen LogP contribution in [0, 0.1) is 11.8 Å². The Morgan fingerprint density at radius 1 is 1.03 bits per heavy atom. The van der Waals surface area contributed by atoms with Crippen LogP contribution in [0.2, 0.25) is 0 Å². The Morgan fingerprint density at radius 3 is 2.34 bits per heavy atom. The Hall–Kier alpha value is -1.88. The van der Waals surface area contributed by atoms with Crippen LogP contribution in [0.1, 0.15) is 103 Å². The number of carboxylic acids is 1. The minimum atomic E-state index is -2.09. The van der Waals surface area contributed by atoms with Gasteiger partial charge >= 0.3 is 5.97 Å². The number of alkyl halides is 1. The second-order valence-electron chi connectivity index (χ2n) is 11.1. The van der Waals surface area contributed by atoms with Gasteiger partial charge in [0.2, 0.25) is 5.67 Å². The van der Waals surface area contributed by atoms with E-state index in [-0.39, 0.29) is 18.3 Å². The summed E-state index contributed by atoms with van der Waals surface area (Å²) in [4.78, 5) is 12.0. The summed E-state index contributed by atoms with van der Waals surface area (Å²) < 4.78 is 22.7. The monoisotopic (exact) mass is 588 g/mol. The topological polar surface area (TPSA) is 46.5 Å². The lowest BCUT2D eigenvalue weighted by atomic mass is 9.73. The van der Waals surface area contributed by atoms with Crippen LogP contribution >= 0.6 is 15.9 Å². The first kappa shape index (κ1) is 30.7. The fourth-order valence-corrected chi connectivity index (χ4v) is 6.27. The second-order valence-corrected chi connectivity index (χ2v) is 12.0. The van der Waals surface area contributed by atoms with E-state index in [1.165, 1.54) is 31.2 Å². The number of hydrogen-bond acceptors (Lipinski definition) is 2. The molecule has 0 amide bonds. The van der Waals surface area contributed by atoms with Gasteiger partial charge in [-0.15, -0.1) is 0 Å². The Balaban J connectivity index is 1.53. The lowest BCUT2D eigenvalue weighted by Gasteiger charge is -2.35. The highest BCUT2D eigenvalue weighted by atomic mass is 79.9. The molecule has 210 valence electrons. The van der Waals surface area contributed by atoms with Crippen molar-refractivity contribution in [3.05, 3.63) is 52.5 Å². The van der Waals surface area contributed by atoms with Gasteiger partial charge in [0.05, 0.1) is 11.1 Å². The van der Waals surface area contributed by atoms with Gasteiger partial charge in [-0.1, -0.05) is 95.5 Å². The lowest BCUT2D eigenvalue weighted by molar-refractivity contribution is -0.158. The number of ether oxygens (including phenoxy) is 1. The van der Waals surface area contributed by atoms with Gasteiger partial charge < -0.3 is 9.84 Å². The molecule has 1 unspecified atom stereocenters. The van der Waals surface area contributed by atoms with Crippen LogP contribution in [-0.2, 0) is 11.2 Å². The molecule has 0 spiro atoms. The summed E-state index contributed by atoms with van der Waals surface area (Å²) in [6.07, 6.45) is 13.0. The maximum Gasteiger partial charge on any atom is 0.341 e. The van der Waals surface area contributed by atoms with Crippen molar-refractivity contribution in [3.63, 3.8) is 0 Å². The largest absolute Gasteiger partial charge is 0.492 e. The molecule has 0 aliphatic heterocycles. The first-order valence-electron chi connectivity index (χ1n) is 14.8. The van der Waals surface area contributed by atoms with Gasteiger partial charge in [0, 0.05) is 5.92 Å². The van der Waals surface area contributed by atoms with Crippen molar-refractivity contribution in [2.75, 3.05) is 6.61 Å². The molecule has 1 aliphatic carbocycles. The number of unbranched alkanes of at least 4 members (excludes halogenated alkanes) is 4. The van der Waals surface area contributed by atoms with Crippen molar-refractivity contribution in [2.24, 2.45) is 11.8 Å². The zero-order chi connectivity index (χ0) is 27.4. The minimum Gasteiger partial charge on any atom is -0.492 e. The molecule has 0 saturated heterocycles. The molecule has 2 atom stereocenters. The highest BCUT2D eigenvalue weighted by molar-refractivity contribution is 9.10. The van der Waals surface area contributed by atoms with E-state index in [1.807, 2.05) is 6.07 Å². The number of hydrogen-bond donors (Lipinski definition) is 1. The summed E-state index contributed by atoms with van der Waals surface area (Å²) in [6.45, 7) is 5.02. The van der Waals surface area contributed by atoms with Gasteiger partial charge in [-0.2, -0.15) is 0 Å². The molecule has 3 rings (SSSR count). The van der Waals surface area contributed by atoms with Crippen LogP contribution in [-0.4, -0.2) is 23.4 Å². The van der Waals surface area contributed by atoms with Gasteiger partial charge in [0.1, 0.15) is 5.75 Å². The van der Waals surface area contributed by atoms with Gasteiger partial charge in [-0.3, -0.25) is 0 Å². The zero-order valence-corrected chi connectivity index (χ0v) is 24.9. The minimum absolute atomic E-state index is 0.0628. The van der Waals surface area contributed by atoms with Crippen molar-refractivity contribution in [3.8, 4) is 16.9 Å². The average molecular weight is 590 g/mol. The fraction of sp³-hybridized carbons (Fsp3) is 0.606. The van der Waals surface area contributed by atoms with E-state index in [2.05, 4.69) is 66.2 Å². The van der Waals surface area contributed by atoms with Crippen LogP contribution < -0.4 is 4.74 Å². The summed E-state index contributed by atoms with van der Waals surface area (Å²) >= 11 is 3.67. The van der Waals surface area contributed by atoms with Crippen LogP contribution in [0.5, 0.6) is 5.75 Å². The Labute approximate surface area is 237 Å². The number of halogens is 2. The molecule has 0 radical (unpaired) electrons. The first-order valence-corrected chi connectivity index (χ1v) is 15.6. The van der Waals surface area contributed by atoms with Crippen LogP contribution in [0.15, 0.2) is 46.9 Å². The molecule has 1 saturated carbocycles. The van der Waals surface area contributed by atoms with Crippen LogP contribution in [0.3, 0.4) is 0 Å². The molecule has 2 aromatic rings. The number of rotatable bonds is 16. The molecule has 0 heterocycles. The molecule has 1 fully saturated rings. The molecule has 1 N–H and O–H groups in total. The van der Waals surface area contributed by atoms with Crippen molar-refractivity contribution in [1.29, 1.82) is 0 Å². The highest BCUT2D eigenvalue weighted by Crippen LogP contribution is 2.41. The van der Waals surface area contributed by atoms with E-state index in [0.717, 1.165) is 72.9 Å². The summed E-state index contributed by atoms with van der Waals surface area (Å²) in [5.74, 6) is -0.663. The Bertz CT molecular complexity index is 986. The number of carboxylic acid groups (broad SMARTS) is 1. The predicted molar refractivity (Wildman–Crippen MR) is 159 cm³/mol. The standard InChI is InChI=1S/C33H46BrFO3/c1-3-5-6-7-11-22-38-31-21-20-28(23-30(31)34)27-18-16-26(17-19-27)15-14-25(4-2)24-33(35,32(36)37)29-12-9-8-10-13-29/h16-21,23,25,29H,3-15,22,24H2,1-2H3,(H,36,37)/t25?,33-/m0/s1. The molecule has 38 heavy (non-hydrogen) atoms. The van der Waals surface area contributed by atoms with Gasteiger partial charge in [0.15, 0.2) is 0 Å². The smallest absolute Gasteiger partial charge is 0.341 e. The van der Waals surface area contributed by atoms with E-state index >= 15 is 4.39 Å². The van der Waals surface area contributed by atoms with E-state index in [1.54, 1.807) is 0 Å². The normalized spacial score (nSPS) is 16.6. The number of aliphatic carboxylic acids is 1. The summed E-state index contributed by atoms with van der Waals surface area (Å²) in [6, 6.07) is 14.8. The van der Waals surface area contributed by atoms with Crippen molar-refractivity contribution < 1.29 is 19.0 Å². The molecule has 1 aliphatic rings. The van der Waals surface area contributed by atoms with Crippen molar-refractivity contribution >= 4 is 21.9 Å². The lowest BCUT2D eigenvalue weighted by Crippen LogP contribution is -2.44. The van der Waals surface area contributed by atoms with Crippen molar-refractivity contribution in [2.45, 2.75) is 109 Å². The van der Waals surface area contributed by atoms with E-state index in [4.69, 9.17) is 4.74 Å². The molecule has 5 heteroatoms. The van der Waals surface area contributed by atoms with Crippen LogP contribution in [0.4, 0.5) is 4.39 Å². The maximum absolute atomic E-state index is 15.8. The first-order chi connectivity index (χ1) is 18.4. The number of carbonyl (C=O) groups is 1. The summed E-state index contributed by atoms with van der Waals surface area (Å²) in [7, 11) is 0. The fourth-order valence-electron chi connectivity index (χ4n) is 5.78. The molecule has 2 aromatic carbocycles. The predicted octanol–water partition coefficient (Wildman–Crippen LogP) is 10.2. The summed E-state index contributed by atoms with van der Waals surface area (Å²) in [5.41, 5.74) is 1.37. The third-order valence-corrected chi connectivity index (χ3v) is 8.96. The quantitative estimate of drug-likeness (QED) is 0.198. The second kappa shape index (κ2) is 15.6. The maximum atomic E-state index is 15.8.